The van der Waals surface area contributed by atoms with Gasteiger partial charge in [-0.05, 0) is 61.3 Å². The number of hydrogen-bond donors (Lipinski definition) is 0. The lowest BCUT2D eigenvalue weighted by molar-refractivity contribution is 0.0323. The zero-order valence-corrected chi connectivity index (χ0v) is 21.5. The van der Waals surface area contributed by atoms with Crippen molar-refractivity contribution in [2.24, 2.45) is 16.7 Å². The number of nitrogens with zero attached hydrogens (tertiary/aromatic N) is 1. The molecule has 0 N–H and O–H groups in total. The molecule has 0 radical (unpaired) electrons. The van der Waals surface area contributed by atoms with Crippen LogP contribution < -0.4 is 10.9 Å². The maximum absolute atomic E-state index is 15.4. The Balaban J connectivity index is 1.88. The number of halogens is 10. The van der Waals surface area contributed by atoms with Gasteiger partial charge in [-0.1, -0.05) is 27.2 Å². The number of likely N-dealkylation sites (tertiary alicyclic amines) is 1. The Hall–Kier alpha value is -2.24. The van der Waals surface area contributed by atoms with E-state index in [0.717, 1.165) is 19.3 Å². The second kappa shape index (κ2) is 9.41. The topological polar surface area (TPSA) is 3.24 Å². The van der Waals surface area contributed by atoms with Crippen molar-refractivity contribution in [3.63, 3.8) is 0 Å². The Kier molecular flexibility index (Phi) is 6.83. The van der Waals surface area contributed by atoms with Crippen LogP contribution in [0.15, 0.2) is 0 Å². The van der Waals surface area contributed by atoms with E-state index in [1.807, 2.05) is 25.7 Å². The Bertz CT molecular complexity index is 1210. The second-order valence-corrected chi connectivity index (χ2v) is 11.8. The number of fused-ring (bicyclic) bond motifs is 2. The lowest BCUT2D eigenvalue weighted by atomic mass is 9.29. The van der Waals surface area contributed by atoms with Gasteiger partial charge in [0.2, 0.25) is 6.71 Å². The van der Waals surface area contributed by atoms with Crippen molar-refractivity contribution in [3.05, 3.63) is 58.2 Å². The van der Waals surface area contributed by atoms with Gasteiger partial charge in [0.25, 0.3) is 0 Å². The van der Waals surface area contributed by atoms with Crippen LogP contribution in [-0.4, -0.2) is 30.7 Å². The van der Waals surface area contributed by atoms with Gasteiger partial charge in [-0.2, -0.15) is 0 Å². The molecule has 3 aliphatic rings. The summed E-state index contributed by atoms with van der Waals surface area (Å²) in [5.41, 5.74) is -4.49. The summed E-state index contributed by atoms with van der Waals surface area (Å²) in [5, 5.41) is 0. The molecular formula is C27H26BF10N. The summed E-state index contributed by atoms with van der Waals surface area (Å²) in [4.78, 5) is 1.99. The van der Waals surface area contributed by atoms with Crippen molar-refractivity contribution in [2.45, 2.75) is 64.7 Å². The molecule has 1 nitrogen and oxygen atoms in total. The van der Waals surface area contributed by atoms with Crippen molar-refractivity contribution in [1.29, 1.82) is 0 Å². The molecule has 39 heavy (non-hydrogen) atoms. The van der Waals surface area contributed by atoms with Crippen molar-refractivity contribution >= 4 is 17.6 Å². The molecule has 212 valence electrons. The van der Waals surface area contributed by atoms with E-state index in [-0.39, 0.29) is 0 Å². The highest BCUT2D eigenvalue weighted by Gasteiger charge is 2.70. The van der Waals surface area contributed by atoms with Crippen molar-refractivity contribution in [3.8, 4) is 0 Å². The van der Waals surface area contributed by atoms with E-state index in [4.69, 9.17) is 0 Å². The average molecular weight is 565 g/mol. The van der Waals surface area contributed by atoms with Crippen LogP contribution >= 0.6 is 0 Å². The van der Waals surface area contributed by atoms with Gasteiger partial charge in [-0.3, -0.25) is 0 Å². The quantitative estimate of drug-likeness (QED) is 0.180. The van der Waals surface area contributed by atoms with Gasteiger partial charge >= 0.3 is 0 Å². The molecule has 2 aromatic rings. The minimum absolute atomic E-state index is 0.375. The third-order valence-corrected chi connectivity index (χ3v) is 10.1. The normalized spacial score (nSPS) is 28.4. The first-order valence-corrected chi connectivity index (χ1v) is 12.9. The fourth-order valence-corrected chi connectivity index (χ4v) is 7.99. The summed E-state index contributed by atoms with van der Waals surface area (Å²) < 4.78 is 148. The SMILES string of the molecule is CC1(C)C2CCC1(C)C(N1CCCCC1)C2B(c1c(F)c(F)c(F)c(F)c1F)c1c(F)c(F)c(F)c(F)c1F. The standard InChI is InChI=1S/C27H26BF10N/c1-26(2)11-7-8-27(26,3)25(39-9-5-4-6-10-39)12(11)28(13-15(29)19(33)23(37)20(34)16(13)30)14-17(31)21(35)24(38)22(36)18(14)32/h11-12,25H,4-10H2,1-3H3. The van der Waals surface area contributed by atoms with Gasteiger partial charge in [0, 0.05) is 17.0 Å². The van der Waals surface area contributed by atoms with E-state index in [2.05, 4.69) is 0 Å². The highest BCUT2D eigenvalue weighted by Crippen LogP contribution is 2.71. The summed E-state index contributed by atoms with van der Waals surface area (Å²) in [5.74, 6) is -25.7. The largest absolute Gasteiger partial charge is 0.300 e. The smallest absolute Gasteiger partial charge is 0.230 e. The molecule has 12 heteroatoms. The summed E-state index contributed by atoms with van der Waals surface area (Å²) in [6, 6.07) is -0.693. The molecule has 4 unspecified atom stereocenters. The molecule has 0 amide bonds. The number of piperidine rings is 1. The molecule has 0 aromatic heterocycles. The van der Waals surface area contributed by atoms with Crippen LogP contribution in [0.25, 0.3) is 0 Å². The van der Waals surface area contributed by atoms with Gasteiger partial charge in [-0.15, -0.1) is 0 Å². The number of hydrogen-bond acceptors (Lipinski definition) is 1. The second-order valence-electron chi connectivity index (χ2n) is 11.8. The molecule has 1 heterocycles. The van der Waals surface area contributed by atoms with Crippen molar-refractivity contribution < 1.29 is 43.9 Å². The molecule has 1 aliphatic heterocycles. The van der Waals surface area contributed by atoms with Gasteiger partial charge in [-0.25, -0.2) is 43.9 Å². The molecule has 4 atom stereocenters. The summed E-state index contributed by atoms with van der Waals surface area (Å²) in [6.45, 7) is 4.27. The maximum atomic E-state index is 15.4. The Morgan fingerprint density at radius 1 is 0.590 bits per heavy atom. The predicted molar refractivity (Wildman–Crippen MR) is 125 cm³/mol. The van der Waals surface area contributed by atoms with Crippen LogP contribution in [0.2, 0.25) is 5.82 Å². The third-order valence-electron chi connectivity index (χ3n) is 10.1. The molecule has 2 aliphatic carbocycles. The summed E-state index contributed by atoms with van der Waals surface area (Å²) in [7, 11) is 0. The molecule has 3 fully saturated rings. The maximum Gasteiger partial charge on any atom is 0.230 e. The minimum atomic E-state index is -2.49. The van der Waals surface area contributed by atoms with Crippen LogP contribution in [-0.2, 0) is 0 Å². The van der Waals surface area contributed by atoms with Crippen LogP contribution in [0.3, 0.4) is 0 Å². The molecule has 2 bridgehead atoms. The van der Waals surface area contributed by atoms with E-state index in [9.17, 15) is 26.3 Å². The van der Waals surface area contributed by atoms with Crippen LogP contribution in [0, 0.1) is 74.9 Å². The zero-order chi connectivity index (χ0) is 28.8. The number of benzene rings is 2. The first-order chi connectivity index (χ1) is 18.2. The van der Waals surface area contributed by atoms with Crippen LogP contribution in [0.4, 0.5) is 43.9 Å². The van der Waals surface area contributed by atoms with Crippen LogP contribution in [0.5, 0.6) is 0 Å². The van der Waals surface area contributed by atoms with Gasteiger partial charge in [0.05, 0.1) is 0 Å². The predicted octanol–water partition coefficient (Wildman–Crippen LogP) is 6.37. The molecule has 5 rings (SSSR count). The first-order valence-electron chi connectivity index (χ1n) is 12.9. The van der Waals surface area contributed by atoms with Crippen LogP contribution in [0.1, 0.15) is 52.9 Å². The highest BCUT2D eigenvalue weighted by molar-refractivity contribution is 6.86. The molecular weight excluding hydrogens is 539 g/mol. The number of rotatable bonds is 4. The molecule has 2 saturated carbocycles. The van der Waals surface area contributed by atoms with E-state index in [1.54, 1.807) is 0 Å². The Labute approximate surface area is 219 Å². The molecule has 0 spiro atoms. The Morgan fingerprint density at radius 3 is 1.38 bits per heavy atom. The fourth-order valence-electron chi connectivity index (χ4n) is 7.99. The lowest BCUT2D eigenvalue weighted by Gasteiger charge is -2.49. The molecule has 2 aromatic carbocycles. The third kappa shape index (κ3) is 3.71. The van der Waals surface area contributed by atoms with E-state index >= 15 is 17.6 Å². The monoisotopic (exact) mass is 565 g/mol. The minimum Gasteiger partial charge on any atom is -0.300 e. The van der Waals surface area contributed by atoms with E-state index < -0.39 is 104 Å². The van der Waals surface area contributed by atoms with E-state index in [1.165, 1.54) is 0 Å². The van der Waals surface area contributed by atoms with Crippen molar-refractivity contribution in [2.75, 3.05) is 13.1 Å². The zero-order valence-electron chi connectivity index (χ0n) is 21.5. The van der Waals surface area contributed by atoms with E-state index in [0.29, 0.717) is 25.9 Å². The van der Waals surface area contributed by atoms with Gasteiger partial charge in [0.1, 0.15) is 0 Å². The van der Waals surface area contributed by atoms with Gasteiger partial charge < -0.3 is 4.90 Å². The lowest BCUT2D eigenvalue weighted by Crippen LogP contribution is -2.61. The fraction of sp³-hybridized carbons (Fsp3) is 0.556. The highest BCUT2D eigenvalue weighted by atomic mass is 19.2. The van der Waals surface area contributed by atoms with Gasteiger partial charge in [0.15, 0.2) is 58.2 Å². The summed E-state index contributed by atoms with van der Waals surface area (Å²) in [6.07, 6.45) is 3.33. The molecule has 1 saturated heterocycles. The summed E-state index contributed by atoms with van der Waals surface area (Å²) >= 11 is 0. The first kappa shape index (κ1) is 28.3. The average Bonchev–Trinajstić information content (AvgIpc) is 3.25. The van der Waals surface area contributed by atoms with Crippen molar-refractivity contribution in [1.82, 2.24) is 4.90 Å². The Morgan fingerprint density at radius 2 is 0.974 bits per heavy atom.